The maximum atomic E-state index is 13.6. The lowest BCUT2D eigenvalue weighted by Crippen LogP contribution is -2.51. The van der Waals surface area contributed by atoms with Crippen LogP contribution in [0, 0.1) is 11.7 Å². The molecule has 1 unspecified atom stereocenters. The average Bonchev–Trinajstić information content (AvgIpc) is 3.42. The van der Waals surface area contributed by atoms with Gasteiger partial charge in [0.15, 0.2) is 15.6 Å². The van der Waals surface area contributed by atoms with Gasteiger partial charge in [0, 0.05) is 24.4 Å². The summed E-state index contributed by atoms with van der Waals surface area (Å²) < 4.78 is 43.5. The van der Waals surface area contributed by atoms with Gasteiger partial charge in [-0.05, 0) is 55.7 Å². The summed E-state index contributed by atoms with van der Waals surface area (Å²) in [7, 11) is -3.42. The predicted octanol–water partition coefficient (Wildman–Crippen LogP) is 5.17. The van der Waals surface area contributed by atoms with Crippen molar-refractivity contribution in [2.75, 3.05) is 18.1 Å². The van der Waals surface area contributed by atoms with E-state index in [4.69, 9.17) is 4.42 Å². The van der Waals surface area contributed by atoms with Gasteiger partial charge in [-0.25, -0.2) is 12.8 Å². The van der Waals surface area contributed by atoms with Crippen molar-refractivity contribution in [2.45, 2.75) is 62.4 Å². The first-order valence-corrected chi connectivity index (χ1v) is 15.5. The third-order valence-electron chi connectivity index (χ3n) is 7.13. The van der Waals surface area contributed by atoms with Crippen LogP contribution >= 0.6 is 0 Å². The number of furan rings is 1. The highest BCUT2D eigenvalue weighted by molar-refractivity contribution is 7.90. The number of anilines is 1. The number of sulfone groups is 1. The van der Waals surface area contributed by atoms with Crippen LogP contribution < -0.4 is 16.0 Å². The van der Waals surface area contributed by atoms with Crippen LogP contribution in [0.15, 0.2) is 70.0 Å². The summed E-state index contributed by atoms with van der Waals surface area (Å²) in [6.45, 7) is 2.10. The van der Waals surface area contributed by atoms with Crippen LogP contribution in [0.4, 0.5) is 10.1 Å². The molecule has 0 aliphatic heterocycles. The first-order chi connectivity index (χ1) is 19.1. The zero-order valence-electron chi connectivity index (χ0n) is 22.8. The number of carbonyl (C=O) groups excluding carboxylic acids is 2. The summed E-state index contributed by atoms with van der Waals surface area (Å²) in [4.78, 5) is 26.7. The van der Waals surface area contributed by atoms with Gasteiger partial charge in [0.25, 0.3) is 5.91 Å². The van der Waals surface area contributed by atoms with E-state index in [9.17, 15) is 22.4 Å². The average molecular weight is 570 g/mol. The third-order valence-corrected chi connectivity index (χ3v) is 8.28. The monoisotopic (exact) mass is 569 g/mol. The van der Waals surface area contributed by atoms with Gasteiger partial charge in [-0.2, -0.15) is 0 Å². The van der Waals surface area contributed by atoms with Crippen molar-refractivity contribution in [1.29, 1.82) is 0 Å². The molecule has 3 aromatic rings. The Balaban J connectivity index is 1.42. The van der Waals surface area contributed by atoms with Crippen molar-refractivity contribution < 1.29 is 26.8 Å². The summed E-state index contributed by atoms with van der Waals surface area (Å²) >= 11 is 0. The van der Waals surface area contributed by atoms with E-state index < -0.39 is 27.6 Å². The number of amides is 2. The highest BCUT2D eigenvalue weighted by Crippen LogP contribution is 2.28. The largest absolute Gasteiger partial charge is 0.451 e. The van der Waals surface area contributed by atoms with Crippen LogP contribution in [0.3, 0.4) is 0 Å². The molecule has 3 N–H and O–H groups in total. The molecule has 1 fully saturated rings. The maximum absolute atomic E-state index is 13.6. The van der Waals surface area contributed by atoms with E-state index in [1.807, 2.05) is 6.92 Å². The van der Waals surface area contributed by atoms with E-state index >= 15 is 0 Å². The minimum absolute atomic E-state index is 0.0350. The van der Waals surface area contributed by atoms with Crippen molar-refractivity contribution in [3.8, 4) is 11.3 Å². The SMILES string of the molecule is C[C@@H](CNc1ccccc1S(C)(=O)=O)NC(=O)C(CC1CCCCC1)NC(=O)c1ccc(-c2cccc(F)c2)o1. The molecule has 2 amide bonds. The number of hydrogen-bond donors (Lipinski definition) is 3. The fourth-order valence-electron chi connectivity index (χ4n) is 5.07. The second-order valence-electron chi connectivity index (χ2n) is 10.5. The second-order valence-corrected chi connectivity index (χ2v) is 12.5. The lowest BCUT2D eigenvalue weighted by molar-refractivity contribution is -0.124. The van der Waals surface area contributed by atoms with Gasteiger partial charge >= 0.3 is 0 Å². The van der Waals surface area contributed by atoms with Crippen molar-refractivity contribution in [3.05, 3.63) is 72.2 Å². The molecule has 0 saturated heterocycles. The molecule has 0 radical (unpaired) electrons. The summed E-state index contributed by atoms with van der Waals surface area (Å²) in [5.41, 5.74) is 0.972. The molecular weight excluding hydrogens is 533 g/mol. The van der Waals surface area contributed by atoms with E-state index in [0.29, 0.717) is 29.3 Å². The third kappa shape index (κ3) is 7.94. The standard InChI is InChI=1S/C30H36FN3O5S/c1-20(19-32-24-13-6-7-14-28(24)40(2,37)38)33-29(35)25(17-21-9-4-3-5-10-21)34-30(36)27-16-15-26(39-27)22-11-8-12-23(31)18-22/h6-8,11-16,18,20-21,25,32H,3-5,9-10,17,19H2,1-2H3,(H,33,35)(H,34,36)/t20-,25?/m0/s1. The van der Waals surface area contributed by atoms with Crippen LogP contribution in [0.5, 0.6) is 0 Å². The molecule has 8 nitrogen and oxygen atoms in total. The van der Waals surface area contributed by atoms with E-state index in [-0.39, 0.29) is 29.1 Å². The van der Waals surface area contributed by atoms with Crippen LogP contribution in [-0.4, -0.2) is 45.1 Å². The summed E-state index contributed by atoms with van der Waals surface area (Å²) in [5, 5.41) is 8.91. The first-order valence-electron chi connectivity index (χ1n) is 13.6. The molecule has 4 rings (SSSR count). The minimum atomic E-state index is -3.42. The van der Waals surface area contributed by atoms with Gasteiger partial charge in [0.1, 0.15) is 17.6 Å². The summed E-state index contributed by atoms with van der Waals surface area (Å²) in [5.74, 6) is -0.542. The number of benzene rings is 2. The number of halogens is 1. The molecule has 1 saturated carbocycles. The van der Waals surface area contributed by atoms with Crippen LogP contribution in [0.2, 0.25) is 0 Å². The Morgan fingerprint density at radius 3 is 2.48 bits per heavy atom. The van der Waals surface area contributed by atoms with Crippen molar-refractivity contribution in [1.82, 2.24) is 10.6 Å². The molecule has 0 bridgehead atoms. The predicted molar refractivity (Wildman–Crippen MR) is 152 cm³/mol. The molecule has 0 spiro atoms. The fraction of sp³-hybridized carbons (Fsp3) is 0.400. The zero-order chi connectivity index (χ0) is 28.7. The second kappa shape index (κ2) is 13.1. The molecule has 1 aliphatic rings. The van der Waals surface area contributed by atoms with Gasteiger partial charge in [-0.1, -0.05) is 56.4 Å². The molecule has 40 heavy (non-hydrogen) atoms. The number of nitrogens with one attached hydrogen (secondary N) is 3. The Morgan fingerprint density at radius 1 is 1.00 bits per heavy atom. The number of rotatable bonds is 11. The Morgan fingerprint density at radius 2 is 1.75 bits per heavy atom. The number of carbonyl (C=O) groups is 2. The molecule has 1 heterocycles. The molecule has 10 heteroatoms. The molecular formula is C30H36FN3O5S. The lowest BCUT2D eigenvalue weighted by Gasteiger charge is -2.27. The Kier molecular flexibility index (Phi) is 9.63. The van der Waals surface area contributed by atoms with Gasteiger partial charge < -0.3 is 20.4 Å². The smallest absolute Gasteiger partial charge is 0.287 e. The normalized spacial score (nSPS) is 15.7. The topological polar surface area (TPSA) is 118 Å². The summed E-state index contributed by atoms with van der Waals surface area (Å²) in [6.07, 6.45) is 7.04. The minimum Gasteiger partial charge on any atom is -0.451 e. The van der Waals surface area contributed by atoms with E-state index in [2.05, 4.69) is 16.0 Å². The fourth-order valence-corrected chi connectivity index (χ4v) is 5.93. The van der Waals surface area contributed by atoms with Crippen molar-refractivity contribution in [2.24, 2.45) is 5.92 Å². The van der Waals surface area contributed by atoms with Crippen LogP contribution in [0.1, 0.15) is 56.0 Å². The highest BCUT2D eigenvalue weighted by Gasteiger charge is 2.28. The van der Waals surface area contributed by atoms with E-state index in [1.54, 1.807) is 36.4 Å². The van der Waals surface area contributed by atoms with Gasteiger partial charge in [0.2, 0.25) is 5.91 Å². The Hall–Kier alpha value is -3.66. The highest BCUT2D eigenvalue weighted by atomic mass is 32.2. The molecule has 214 valence electrons. The molecule has 1 aromatic heterocycles. The van der Waals surface area contributed by atoms with Gasteiger partial charge in [-0.3, -0.25) is 9.59 Å². The Labute approximate surface area is 234 Å². The van der Waals surface area contributed by atoms with E-state index in [1.165, 1.54) is 30.7 Å². The first kappa shape index (κ1) is 29.3. The molecule has 1 aliphatic carbocycles. The quantitative estimate of drug-likeness (QED) is 0.293. The van der Waals surface area contributed by atoms with Gasteiger partial charge in [-0.15, -0.1) is 0 Å². The lowest BCUT2D eigenvalue weighted by atomic mass is 9.84. The number of para-hydroxylation sites is 1. The van der Waals surface area contributed by atoms with Crippen molar-refractivity contribution in [3.63, 3.8) is 0 Å². The zero-order valence-corrected chi connectivity index (χ0v) is 23.6. The Bertz CT molecular complexity index is 1430. The van der Waals surface area contributed by atoms with Crippen LogP contribution in [0.25, 0.3) is 11.3 Å². The van der Waals surface area contributed by atoms with Gasteiger partial charge in [0.05, 0.1) is 10.6 Å². The van der Waals surface area contributed by atoms with Crippen LogP contribution in [-0.2, 0) is 14.6 Å². The van der Waals surface area contributed by atoms with Crippen molar-refractivity contribution >= 4 is 27.3 Å². The maximum Gasteiger partial charge on any atom is 0.287 e. The van der Waals surface area contributed by atoms with E-state index in [0.717, 1.165) is 31.9 Å². The number of hydrogen-bond acceptors (Lipinski definition) is 6. The summed E-state index contributed by atoms with van der Waals surface area (Å²) in [6, 6.07) is 14.5. The molecule has 2 aromatic carbocycles. The molecule has 2 atom stereocenters.